The zero-order valence-corrected chi connectivity index (χ0v) is 5.56. The van der Waals surface area contributed by atoms with Crippen LogP contribution in [0, 0.1) is 0 Å². The maximum Gasteiger partial charge on any atom is 0.121 e. The zero-order valence-electron chi connectivity index (χ0n) is 5.56. The van der Waals surface area contributed by atoms with Crippen LogP contribution in [0.5, 0.6) is 0 Å². The van der Waals surface area contributed by atoms with E-state index < -0.39 is 12.3 Å². The van der Waals surface area contributed by atoms with Crippen molar-refractivity contribution in [2.24, 2.45) is 0 Å². The zero-order chi connectivity index (χ0) is 7.56. The first-order valence-electron chi connectivity index (χ1n) is 3.31. The van der Waals surface area contributed by atoms with E-state index >= 15 is 0 Å². The Balaban J connectivity index is 2.56. The lowest BCUT2D eigenvalue weighted by molar-refractivity contribution is 0.218. The van der Waals surface area contributed by atoms with E-state index in [2.05, 4.69) is 0 Å². The van der Waals surface area contributed by atoms with Gasteiger partial charge in [-0.05, 0) is 11.6 Å². The van der Waals surface area contributed by atoms with Crippen molar-refractivity contribution in [1.29, 1.82) is 0 Å². The van der Waals surface area contributed by atoms with Crippen LogP contribution in [0.15, 0.2) is 11.6 Å². The van der Waals surface area contributed by atoms with E-state index in [0.29, 0.717) is 5.57 Å². The number of allylic oxidation sites excluding steroid dienone is 1. The predicted octanol–water partition coefficient (Wildman–Crippen LogP) is 1.38. The lowest BCUT2D eigenvalue weighted by atomic mass is 9.97. The third kappa shape index (κ3) is 1.77. The molecule has 0 amide bonds. The Morgan fingerprint density at radius 3 is 2.80 bits per heavy atom. The second kappa shape index (κ2) is 3.10. The van der Waals surface area contributed by atoms with Crippen LogP contribution < -0.4 is 0 Å². The van der Waals surface area contributed by atoms with Crippen LogP contribution in [0.1, 0.15) is 12.8 Å². The summed E-state index contributed by atoms with van der Waals surface area (Å²) < 4.78 is 24.9. The molecule has 58 valence electrons. The van der Waals surface area contributed by atoms with Crippen LogP contribution in [-0.4, -0.2) is 24.1 Å². The number of aliphatic hydroxyl groups excluding tert-OH is 1. The minimum absolute atomic E-state index is 0.0521. The Labute approximate surface area is 58.4 Å². The first-order valence-corrected chi connectivity index (χ1v) is 3.31. The lowest BCUT2D eigenvalue weighted by Gasteiger charge is -2.17. The van der Waals surface area contributed by atoms with Crippen molar-refractivity contribution in [2.75, 3.05) is 6.61 Å². The largest absolute Gasteiger partial charge is 0.392 e. The van der Waals surface area contributed by atoms with Gasteiger partial charge in [0.15, 0.2) is 0 Å². The Bertz CT molecular complexity index is 145. The number of alkyl halides is 2. The highest BCUT2D eigenvalue weighted by Gasteiger charge is 2.20. The number of hydrogen-bond donors (Lipinski definition) is 1. The summed E-state index contributed by atoms with van der Waals surface area (Å²) in [5.41, 5.74) is 0.478. The van der Waals surface area contributed by atoms with Gasteiger partial charge in [-0.25, -0.2) is 8.78 Å². The molecule has 2 unspecified atom stereocenters. The monoisotopic (exact) mass is 148 g/mol. The first kappa shape index (κ1) is 7.66. The van der Waals surface area contributed by atoms with Crippen molar-refractivity contribution < 1.29 is 13.9 Å². The average molecular weight is 148 g/mol. The van der Waals surface area contributed by atoms with Gasteiger partial charge in [-0.2, -0.15) is 0 Å². The molecule has 1 aliphatic carbocycles. The molecule has 0 spiro atoms. The van der Waals surface area contributed by atoms with Crippen LogP contribution in [0.2, 0.25) is 0 Å². The Hall–Kier alpha value is -0.440. The summed E-state index contributed by atoms with van der Waals surface area (Å²) in [5, 5.41) is 8.52. The highest BCUT2D eigenvalue weighted by atomic mass is 19.1. The summed E-state index contributed by atoms with van der Waals surface area (Å²) in [6.07, 6.45) is -0.871. The molecular formula is C7H10F2O. The van der Waals surface area contributed by atoms with Gasteiger partial charge in [0, 0.05) is 12.8 Å². The minimum atomic E-state index is -1.20. The van der Waals surface area contributed by atoms with E-state index in [-0.39, 0.29) is 19.4 Å². The van der Waals surface area contributed by atoms with Gasteiger partial charge in [-0.15, -0.1) is 0 Å². The molecule has 3 heteroatoms. The van der Waals surface area contributed by atoms with Crippen molar-refractivity contribution in [3.05, 3.63) is 11.6 Å². The second-order valence-corrected chi connectivity index (χ2v) is 2.54. The molecule has 2 atom stereocenters. The highest BCUT2D eigenvalue weighted by Crippen LogP contribution is 2.22. The molecule has 1 aliphatic rings. The van der Waals surface area contributed by atoms with E-state index in [9.17, 15) is 8.78 Å². The topological polar surface area (TPSA) is 20.2 Å². The fourth-order valence-electron chi connectivity index (χ4n) is 1.12. The Morgan fingerprint density at radius 2 is 2.30 bits per heavy atom. The van der Waals surface area contributed by atoms with Gasteiger partial charge in [0.1, 0.15) is 12.3 Å². The summed E-state index contributed by atoms with van der Waals surface area (Å²) in [7, 11) is 0. The van der Waals surface area contributed by atoms with E-state index in [1.807, 2.05) is 0 Å². The van der Waals surface area contributed by atoms with Crippen LogP contribution >= 0.6 is 0 Å². The van der Waals surface area contributed by atoms with E-state index in [1.54, 1.807) is 0 Å². The molecule has 0 aromatic heterocycles. The van der Waals surface area contributed by atoms with Crippen molar-refractivity contribution in [2.45, 2.75) is 25.2 Å². The van der Waals surface area contributed by atoms with Gasteiger partial charge in [0.2, 0.25) is 0 Å². The van der Waals surface area contributed by atoms with Gasteiger partial charge in [0.05, 0.1) is 6.61 Å². The summed E-state index contributed by atoms with van der Waals surface area (Å²) in [5.74, 6) is 0. The van der Waals surface area contributed by atoms with Crippen LogP contribution in [0.3, 0.4) is 0 Å². The molecule has 0 aromatic carbocycles. The fraction of sp³-hybridized carbons (Fsp3) is 0.714. The number of rotatable bonds is 1. The van der Waals surface area contributed by atoms with Crippen molar-refractivity contribution in [1.82, 2.24) is 0 Å². The van der Waals surface area contributed by atoms with E-state index in [0.717, 1.165) is 0 Å². The maximum absolute atomic E-state index is 12.5. The van der Waals surface area contributed by atoms with E-state index in [4.69, 9.17) is 5.11 Å². The van der Waals surface area contributed by atoms with Crippen molar-refractivity contribution in [3.8, 4) is 0 Å². The first-order chi connectivity index (χ1) is 4.72. The third-order valence-electron chi connectivity index (χ3n) is 1.58. The lowest BCUT2D eigenvalue weighted by Crippen LogP contribution is -2.17. The van der Waals surface area contributed by atoms with Crippen molar-refractivity contribution in [3.63, 3.8) is 0 Å². The fourth-order valence-corrected chi connectivity index (χ4v) is 1.12. The highest BCUT2D eigenvalue weighted by molar-refractivity contribution is 5.11. The molecule has 0 saturated heterocycles. The van der Waals surface area contributed by atoms with Crippen LogP contribution in [0.25, 0.3) is 0 Å². The van der Waals surface area contributed by atoms with E-state index in [1.165, 1.54) is 6.08 Å². The summed E-state index contributed by atoms with van der Waals surface area (Å²) >= 11 is 0. The van der Waals surface area contributed by atoms with Gasteiger partial charge in [-0.3, -0.25) is 0 Å². The molecule has 0 bridgehead atoms. The SMILES string of the molecule is OCC1=CC(F)CC(F)C1. The van der Waals surface area contributed by atoms with Crippen molar-refractivity contribution >= 4 is 0 Å². The molecule has 0 aliphatic heterocycles. The second-order valence-electron chi connectivity index (χ2n) is 2.54. The molecule has 0 heterocycles. The Morgan fingerprint density at radius 1 is 1.60 bits per heavy atom. The molecule has 0 saturated carbocycles. The molecule has 0 aromatic rings. The smallest absolute Gasteiger partial charge is 0.121 e. The summed E-state index contributed by atoms with van der Waals surface area (Å²) in [4.78, 5) is 0. The Kier molecular flexibility index (Phi) is 2.38. The molecular weight excluding hydrogens is 138 g/mol. The number of hydrogen-bond acceptors (Lipinski definition) is 1. The van der Waals surface area contributed by atoms with Gasteiger partial charge < -0.3 is 5.11 Å². The predicted molar refractivity (Wildman–Crippen MR) is 34.2 cm³/mol. The molecule has 1 rings (SSSR count). The summed E-state index contributed by atoms with van der Waals surface area (Å²) in [6, 6.07) is 0. The molecule has 1 nitrogen and oxygen atoms in total. The minimum Gasteiger partial charge on any atom is -0.392 e. The molecule has 0 radical (unpaired) electrons. The number of halogens is 2. The number of aliphatic hydroxyl groups is 1. The van der Waals surface area contributed by atoms with Crippen LogP contribution in [0.4, 0.5) is 8.78 Å². The maximum atomic E-state index is 12.5. The van der Waals surface area contributed by atoms with Gasteiger partial charge in [0.25, 0.3) is 0 Å². The molecule has 1 N–H and O–H groups in total. The molecule has 0 fully saturated rings. The molecule has 10 heavy (non-hydrogen) atoms. The summed E-state index contributed by atoms with van der Waals surface area (Å²) in [6.45, 7) is -0.221. The normalized spacial score (nSPS) is 33.7. The standard InChI is InChI=1S/C7H10F2O/c8-6-1-5(4-10)2-7(9)3-6/h1,6-7,10H,2-4H2. The van der Waals surface area contributed by atoms with Gasteiger partial charge >= 0.3 is 0 Å². The van der Waals surface area contributed by atoms with Gasteiger partial charge in [-0.1, -0.05) is 0 Å². The average Bonchev–Trinajstić information content (AvgIpc) is 1.85. The van der Waals surface area contributed by atoms with Crippen LogP contribution in [-0.2, 0) is 0 Å². The third-order valence-corrected chi connectivity index (χ3v) is 1.58. The quantitative estimate of drug-likeness (QED) is 0.557.